The van der Waals surface area contributed by atoms with Crippen LogP contribution in [0.5, 0.6) is 0 Å². The number of hydrogen-bond acceptors (Lipinski definition) is 3. The van der Waals surface area contributed by atoms with E-state index in [0.29, 0.717) is 10.7 Å². The van der Waals surface area contributed by atoms with Gasteiger partial charge in [0.1, 0.15) is 0 Å². The van der Waals surface area contributed by atoms with Gasteiger partial charge in [-0.05, 0) is 55.3 Å². The van der Waals surface area contributed by atoms with Crippen molar-refractivity contribution in [3.63, 3.8) is 0 Å². The summed E-state index contributed by atoms with van der Waals surface area (Å²) >= 11 is 5.97. The minimum absolute atomic E-state index is 0.202. The lowest BCUT2D eigenvalue weighted by Crippen LogP contribution is -2.14. The molecule has 20 heavy (non-hydrogen) atoms. The number of halogens is 1. The van der Waals surface area contributed by atoms with E-state index in [9.17, 15) is 8.42 Å². The Hall–Kier alpha value is -1.72. The fourth-order valence-electron chi connectivity index (χ4n) is 1.91. The molecular formula is C14H15ClN2O2S. The summed E-state index contributed by atoms with van der Waals surface area (Å²) in [6, 6.07) is 9.77. The van der Waals surface area contributed by atoms with Gasteiger partial charge in [0.25, 0.3) is 10.0 Å². The molecule has 0 saturated heterocycles. The summed E-state index contributed by atoms with van der Waals surface area (Å²) in [5.41, 5.74) is 8.10. The molecule has 2 rings (SSSR count). The lowest BCUT2D eigenvalue weighted by molar-refractivity contribution is 0.601. The highest BCUT2D eigenvalue weighted by molar-refractivity contribution is 7.92. The normalized spacial score (nSPS) is 11.3. The largest absolute Gasteiger partial charge is 0.399 e. The number of nitrogens with two attached hydrogens (primary N) is 1. The van der Waals surface area contributed by atoms with E-state index in [1.165, 1.54) is 6.07 Å². The molecule has 0 saturated carbocycles. The predicted molar refractivity (Wildman–Crippen MR) is 82.6 cm³/mol. The molecule has 0 spiro atoms. The first-order valence-electron chi connectivity index (χ1n) is 5.94. The zero-order valence-corrected chi connectivity index (χ0v) is 12.7. The van der Waals surface area contributed by atoms with Crippen molar-refractivity contribution in [3.8, 4) is 0 Å². The van der Waals surface area contributed by atoms with E-state index in [4.69, 9.17) is 17.3 Å². The number of rotatable bonds is 3. The molecule has 0 aliphatic heterocycles. The lowest BCUT2D eigenvalue weighted by atomic mass is 10.2. The van der Waals surface area contributed by atoms with Crippen molar-refractivity contribution in [1.82, 2.24) is 0 Å². The van der Waals surface area contributed by atoms with Crippen LogP contribution in [0.1, 0.15) is 11.1 Å². The molecule has 0 bridgehead atoms. The number of hydrogen-bond donors (Lipinski definition) is 2. The van der Waals surface area contributed by atoms with Gasteiger partial charge >= 0.3 is 0 Å². The Morgan fingerprint density at radius 2 is 1.65 bits per heavy atom. The second-order valence-electron chi connectivity index (χ2n) is 4.67. The van der Waals surface area contributed by atoms with Gasteiger partial charge in [-0.15, -0.1) is 0 Å². The van der Waals surface area contributed by atoms with Gasteiger partial charge in [-0.1, -0.05) is 17.7 Å². The second-order valence-corrected chi connectivity index (χ2v) is 6.76. The molecule has 3 N–H and O–H groups in total. The van der Waals surface area contributed by atoms with Crippen molar-refractivity contribution in [1.29, 1.82) is 0 Å². The van der Waals surface area contributed by atoms with E-state index in [-0.39, 0.29) is 10.6 Å². The predicted octanol–water partition coefficient (Wildman–Crippen LogP) is 3.34. The average molecular weight is 311 g/mol. The fraction of sp³-hybridized carbons (Fsp3) is 0.143. The summed E-state index contributed by atoms with van der Waals surface area (Å²) in [6.45, 7) is 3.69. The summed E-state index contributed by atoms with van der Waals surface area (Å²) in [4.78, 5) is 0.202. The second kappa shape index (κ2) is 5.34. The summed E-state index contributed by atoms with van der Waals surface area (Å²) < 4.78 is 27.2. The smallest absolute Gasteiger partial charge is 0.261 e. The van der Waals surface area contributed by atoms with Gasteiger partial charge in [0.05, 0.1) is 15.6 Å². The SMILES string of the molecule is Cc1cc(C)cc(S(=O)(=O)Nc2cc(N)ccc2Cl)c1. The van der Waals surface area contributed by atoms with Gasteiger partial charge < -0.3 is 5.73 Å². The van der Waals surface area contributed by atoms with Crippen LogP contribution in [0.25, 0.3) is 0 Å². The van der Waals surface area contributed by atoms with Crippen molar-refractivity contribution in [2.75, 3.05) is 10.5 Å². The number of nitrogens with one attached hydrogen (secondary N) is 1. The molecule has 0 aliphatic carbocycles. The van der Waals surface area contributed by atoms with Crippen LogP contribution < -0.4 is 10.5 Å². The first-order valence-corrected chi connectivity index (χ1v) is 7.80. The summed E-state index contributed by atoms with van der Waals surface area (Å²) in [7, 11) is -3.69. The summed E-state index contributed by atoms with van der Waals surface area (Å²) in [5, 5.41) is 0.298. The minimum atomic E-state index is -3.69. The molecule has 0 aromatic heterocycles. The molecule has 0 amide bonds. The number of aryl methyl sites for hydroxylation is 2. The molecule has 6 heteroatoms. The standard InChI is InChI=1S/C14H15ClN2O2S/c1-9-5-10(2)7-12(6-9)20(18,19)17-14-8-11(16)3-4-13(14)15/h3-8,17H,16H2,1-2H3. The zero-order chi connectivity index (χ0) is 14.9. The molecule has 0 atom stereocenters. The highest BCUT2D eigenvalue weighted by Gasteiger charge is 2.16. The Kier molecular flexibility index (Phi) is 3.92. The Bertz CT molecular complexity index is 738. The van der Waals surface area contributed by atoms with E-state index in [2.05, 4.69) is 4.72 Å². The Labute approximate surface area is 123 Å². The molecule has 4 nitrogen and oxygen atoms in total. The lowest BCUT2D eigenvalue weighted by Gasteiger charge is -2.11. The number of nitrogen functional groups attached to an aromatic ring is 1. The third-order valence-corrected chi connectivity index (χ3v) is 4.41. The minimum Gasteiger partial charge on any atom is -0.399 e. The van der Waals surface area contributed by atoms with Crippen molar-refractivity contribution in [3.05, 3.63) is 52.5 Å². The number of anilines is 2. The first kappa shape index (κ1) is 14.7. The van der Waals surface area contributed by atoms with Gasteiger partial charge in [-0.3, -0.25) is 4.72 Å². The molecule has 0 aliphatic rings. The molecule has 2 aromatic carbocycles. The van der Waals surface area contributed by atoms with Crippen LogP contribution in [0, 0.1) is 13.8 Å². The zero-order valence-electron chi connectivity index (χ0n) is 11.1. The summed E-state index contributed by atoms with van der Waals surface area (Å²) in [5.74, 6) is 0. The highest BCUT2D eigenvalue weighted by atomic mass is 35.5. The number of sulfonamides is 1. The van der Waals surface area contributed by atoms with E-state index < -0.39 is 10.0 Å². The third-order valence-electron chi connectivity index (χ3n) is 2.74. The van der Waals surface area contributed by atoms with E-state index in [1.807, 2.05) is 19.9 Å². The quantitative estimate of drug-likeness (QED) is 0.854. The van der Waals surface area contributed by atoms with Gasteiger partial charge in [0.15, 0.2) is 0 Å². The van der Waals surface area contributed by atoms with Crippen LogP contribution in [-0.4, -0.2) is 8.42 Å². The first-order chi connectivity index (χ1) is 9.28. The van der Waals surface area contributed by atoms with Gasteiger partial charge in [0, 0.05) is 5.69 Å². The van der Waals surface area contributed by atoms with E-state index in [0.717, 1.165) is 11.1 Å². The van der Waals surface area contributed by atoms with Crippen LogP contribution >= 0.6 is 11.6 Å². The Balaban J connectivity index is 2.43. The maximum absolute atomic E-state index is 12.4. The monoisotopic (exact) mass is 310 g/mol. The van der Waals surface area contributed by atoms with E-state index >= 15 is 0 Å². The molecule has 2 aromatic rings. The average Bonchev–Trinajstić information content (AvgIpc) is 2.32. The topological polar surface area (TPSA) is 72.2 Å². The molecule has 0 heterocycles. The molecule has 0 unspecified atom stereocenters. The third kappa shape index (κ3) is 3.23. The molecule has 0 radical (unpaired) electrons. The van der Waals surface area contributed by atoms with Crippen molar-refractivity contribution in [2.45, 2.75) is 18.7 Å². The van der Waals surface area contributed by atoms with Crippen LogP contribution in [0.3, 0.4) is 0 Å². The maximum Gasteiger partial charge on any atom is 0.261 e. The van der Waals surface area contributed by atoms with Crippen LogP contribution in [0.2, 0.25) is 5.02 Å². The molecule has 0 fully saturated rings. The van der Waals surface area contributed by atoms with Crippen molar-refractivity contribution < 1.29 is 8.42 Å². The Morgan fingerprint density at radius 1 is 1.05 bits per heavy atom. The fourth-order valence-corrected chi connectivity index (χ4v) is 3.39. The van der Waals surface area contributed by atoms with Gasteiger partial charge in [-0.2, -0.15) is 0 Å². The highest BCUT2D eigenvalue weighted by Crippen LogP contribution is 2.27. The van der Waals surface area contributed by atoms with E-state index in [1.54, 1.807) is 24.3 Å². The van der Waals surface area contributed by atoms with Gasteiger partial charge in [-0.25, -0.2) is 8.42 Å². The van der Waals surface area contributed by atoms with Crippen LogP contribution in [0.15, 0.2) is 41.3 Å². The van der Waals surface area contributed by atoms with Crippen molar-refractivity contribution in [2.24, 2.45) is 0 Å². The Morgan fingerprint density at radius 3 is 2.25 bits per heavy atom. The van der Waals surface area contributed by atoms with Crippen molar-refractivity contribution >= 4 is 33.0 Å². The molecular weight excluding hydrogens is 296 g/mol. The summed E-state index contributed by atoms with van der Waals surface area (Å²) in [6.07, 6.45) is 0. The van der Waals surface area contributed by atoms with Crippen LogP contribution in [0.4, 0.5) is 11.4 Å². The number of benzene rings is 2. The maximum atomic E-state index is 12.4. The molecule has 106 valence electrons. The van der Waals surface area contributed by atoms with Crippen LogP contribution in [-0.2, 0) is 10.0 Å². The van der Waals surface area contributed by atoms with Gasteiger partial charge in [0.2, 0.25) is 0 Å².